The fraction of sp³-hybridized carbons (Fsp3) is 0.650. The molecule has 2 aliphatic rings. The molecule has 0 bridgehead atoms. The third kappa shape index (κ3) is 5.34. The van der Waals surface area contributed by atoms with Crippen LogP contribution in [0.25, 0.3) is 0 Å². The molecule has 0 aliphatic carbocycles. The Balaban J connectivity index is 1.59. The summed E-state index contributed by atoms with van der Waals surface area (Å²) in [7, 11) is -3.91. The van der Waals surface area contributed by atoms with E-state index in [1.165, 1.54) is 17.3 Å². The molecule has 1 N–H and O–H groups in total. The van der Waals surface area contributed by atoms with Gasteiger partial charge in [0.05, 0.1) is 5.71 Å². The summed E-state index contributed by atoms with van der Waals surface area (Å²) in [5, 5.41) is 7.02. The zero-order valence-electron chi connectivity index (χ0n) is 18.9. The van der Waals surface area contributed by atoms with Crippen LogP contribution in [0.15, 0.2) is 28.8 Å². The van der Waals surface area contributed by atoms with Gasteiger partial charge in [-0.1, -0.05) is 6.92 Å². The summed E-state index contributed by atoms with van der Waals surface area (Å²) in [5.74, 6) is -0.321. The number of hydrogen-bond donors (Lipinski definition) is 1. The molecular formula is C20H31N7O4S. The Morgan fingerprint density at radius 2 is 2.03 bits per heavy atom. The van der Waals surface area contributed by atoms with Gasteiger partial charge in [-0.15, -0.1) is 4.40 Å². The van der Waals surface area contributed by atoms with Gasteiger partial charge in [0.2, 0.25) is 11.8 Å². The zero-order valence-corrected chi connectivity index (χ0v) is 19.7. The maximum atomic E-state index is 13.0. The Morgan fingerprint density at radius 1 is 1.28 bits per heavy atom. The molecule has 2 amide bonds. The van der Waals surface area contributed by atoms with Crippen molar-refractivity contribution < 1.29 is 18.0 Å². The van der Waals surface area contributed by atoms with Crippen LogP contribution < -0.4 is 5.32 Å². The lowest BCUT2D eigenvalue weighted by Gasteiger charge is -2.39. The van der Waals surface area contributed by atoms with E-state index in [1.54, 1.807) is 24.8 Å². The Labute approximate surface area is 188 Å². The molecule has 3 atom stereocenters. The quantitative estimate of drug-likeness (QED) is 0.637. The molecule has 0 radical (unpaired) electrons. The molecule has 3 unspecified atom stereocenters. The van der Waals surface area contributed by atoms with Gasteiger partial charge in [-0.3, -0.25) is 9.59 Å². The van der Waals surface area contributed by atoms with E-state index in [0.717, 1.165) is 17.1 Å². The monoisotopic (exact) mass is 465 g/mol. The van der Waals surface area contributed by atoms with Crippen molar-refractivity contribution in [3.63, 3.8) is 0 Å². The van der Waals surface area contributed by atoms with Crippen LogP contribution in [-0.4, -0.2) is 75.6 Å². The van der Waals surface area contributed by atoms with Crippen LogP contribution in [0.2, 0.25) is 0 Å². The van der Waals surface area contributed by atoms with E-state index in [9.17, 15) is 18.0 Å². The second-order valence-electron chi connectivity index (χ2n) is 8.39. The number of likely N-dealkylation sites (tertiary alicyclic amines) is 1. The minimum atomic E-state index is -3.91. The molecule has 1 fully saturated rings. The van der Waals surface area contributed by atoms with E-state index in [1.807, 2.05) is 13.8 Å². The van der Waals surface area contributed by atoms with E-state index in [0.29, 0.717) is 30.9 Å². The SMILES string of the molecule is CCC(C(=O)NCC1CCC(C)N(C(=O)CN2C(C)=CC(C)=NS2(=O)=O)C1)n1cncn1. The summed E-state index contributed by atoms with van der Waals surface area (Å²) in [5.41, 5.74) is 0.864. The first-order chi connectivity index (χ1) is 15.1. The average Bonchev–Trinajstić information content (AvgIpc) is 3.24. The van der Waals surface area contributed by atoms with Crippen LogP contribution >= 0.6 is 0 Å². The van der Waals surface area contributed by atoms with Crippen molar-refractivity contribution in [3.05, 3.63) is 24.4 Å². The fourth-order valence-electron chi connectivity index (χ4n) is 4.16. The van der Waals surface area contributed by atoms with Crippen LogP contribution in [0.4, 0.5) is 0 Å². The zero-order chi connectivity index (χ0) is 23.5. The first-order valence-corrected chi connectivity index (χ1v) is 12.2. The number of aromatic nitrogens is 3. The molecule has 1 aromatic heterocycles. The molecular weight excluding hydrogens is 434 g/mol. The topological polar surface area (TPSA) is 130 Å². The highest BCUT2D eigenvalue weighted by molar-refractivity contribution is 7.88. The average molecular weight is 466 g/mol. The molecule has 1 aromatic rings. The summed E-state index contributed by atoms with van der Waals surface area (Å²) < 4.78 is 31.1. The Bertz CT molecular complexity index is 1000. The van der Waals surface area contributed by atoms with Crippen LogP contribution in [0, 0.1) is 5.92 Å². The van der Waals surface area contributed by atoms with Crippen molar-refractivity contribution >= 4 is 27.7 Å². The molecule has 32 heavy (non-hydrogen) atoms. The van der Waals surface area contributed by atoms with Crippen molar-refractivity contribution in [2.75, 3.05) is 19.6 Å². The number of hydrogen-bond acceptors (Lipinski definition) is 6. The Hall–Kier alpha value is -2.76. The number of allylic oxidation sites excluding steroid dienone is 2. The minimum Gasteiger partial charge on any atom is -0.354 e. The Kier molecular flexibility index (Phi) is 7.32. The molecule has 3 rings (SSSR count). The summed E-state index contributed by atoms with van der Waals surface area (Å²) >= 11 is 0. The van der Waals surface area contributed by atoms with E-state index >= 15 is 0 Å². The van der Waals surface area contributed by atoms with Gasteiger partial charge in [0.15, 0.2) is 0 Å². The van der Waals surface area contributed by atoms with Gasteiger partial charge in [-0.05, 0) is 52.0 Å². The molecule has 0 spiro atoms. The second kappa shape index (κ2) is 9.80. The number of carbonyl (C=O) groups is 2. The van der Waals surface area contributed by atoms with Gasteiger partial charge in [0.1, 0.15) is 25.2 Å². The largest absolute Gasteiger partial charge is 0.354 e. The molecule has 3 heterocycles. The van der Waals surface area contributed by atoms with Gasteiger partial charge in [-0.2, -0.15) is 13.5 Å². The van der Waals surface area contributed by atoms with Crippen molar-refractivity contribution in [2.24, 2.45) is 10.3 Å². The van der Waals surface area contributed by atoms with Crippen molar-refractivity contribution in [1.29, 1.82) is 0 Å². The van der Waals surface area contributed by atoms with Crippen LogP contribution in [0.5, 0.6) is 0 Å². The normalized spacial score (nSPS) is 23.9. The van der Waals surface area contributed by atoms with Crippen LogP contribution in [0.1, 0.15) is 53.0 Å². The number of nitrogens with one attached hydrogen (secondary N) is 1. The van der Waals surface area contributed by atoms with E-state index in [-0.39, 0.29) is 30.3 Å². The first-order valence-electron chi connectivity index (χ1n) is 10.8. The first kappa shape index (κ1) is 23.9. The number of carbonyl (C=O) groups excluding carboxylic acids is 2. The highest BCUT2D eigenvalue weighted by atomic mass is 32.2. The van der Waals surface area contributed by atoms with Gasteiger partial charge in [0.25, 0.3) is 0 Å². The summed E-state index contributed by atoms with van der Waals surface area (Å²) in [6.45, 7) is 7.74. The van der Waals surface area contributed by atoms with Crippen LogP contribution in [0.3, 0.4) is 0 Å². The lowest BCUT2D eigenvalue weighted by atomic mass is 9.93. The third-order valence-corrected chi connectivity index (χ3v) is 7.43. The maximum Gasteiger partial charge on any atom is 0.345 e. The number of piperidine rings is 1. The third-order valence-electron chi connectivity index (χ3n) is 5.94. The van der Waals surface area contributed by atoms with Crippen molar-refractivity contribution in [1.82, 2.24) is 29.3 Å². The summed E-state index contributed by atoms with van der Waals surface area (Å²) in [6.07, 6.45) is 6.80. The lowest BCUT2D eigenvalue weighted by Crippen LogP contribution is -2.51. The number of nitrogens with zero attached hydrogens (tertiary/aromatic N) is 6. The smallest absolute Gasteiger partial charge is 0.345 e. The molecule has 2 aliphatic heterocycles. The van der Waals surface area contributed by atoms with Gasteiger partial charge in [0, 0.05) is 24.8 Å². The van der Waals surface area contributed by atoms with Crippen molar-refractivity contribution in [3.8, 4) is 0 Å². The molecule has 12 heteroatoms. The van der Waals surface area contributed by atoms with Gasteiger partial charge in [-0.25, -0.2) is 14.0 Å². The van der Waals surface area contributed by atoms with Gasteiger partial charge < -0.3 is 10.2 Å². The van der Waals surface area contributed by atoms with E-state index < -0.39 is 16.3 Å². The fourth-order valence-corrected chi connectivity index (χ4v) is 5.37. The second-order valence-corrected chi connectivity index (χ2v) is 9.91. The molecule has 176 valence electrons. The molecule has 0 aromatic carbocycles. The van der Waals surface area contributed by atoms with E-state index in [4.69, 9.17) is 0 Å². The van der Waals surface area contributed by atoms with Gasteiger partial charge >= 0.3 is 10.2 Å². The summed E-state index contributed by atoms with van der Waals surface area (Å²) in [4.78, 5) is 31.3. The predicted molar refractivity (Wildman–Crippen MR) is 119 cm³/mol. The highest BCUT2D eigenvalue weighted by Crippen LogP contribution is 2.24. The Morgan fingerprint density at radius 3 is 2.66 bits per heavy atom. The lowest BCUT2D eigenvalue weighted by molar-refractivity contribution is -0.135. The van der Waals surface area contributed by atoms with Crippen molar-refractivity contribution in [2.45, 2.75) is 59.0 Å². The van der Waals surface area contributed by atoms with E-state index in [2.05, 4.69) is 19.8 Å². The summed E-state index contributed by atoms with van der Waals surface area (Å²) in [6, 6.07) is -0.434. The maximum absolute atomic E-state index is 13.0. The number of rotatable bonds is 7. The predicted octanol–water partition coefficient (Wildman–Crippen LogP) is 0.898. The molecule has 1 saturated heterocycles. The number of amides is 2. The minimum absolute atomic E-state index is 0.00462. The highest BCUT2D eigenvalue weighted by Gasteiger charge is 2.34. The molecule has 0 saturated carbocycles. The molecule has 11 nitrogen and oxygen atoms in total. The standard InChI is InChI=1S/C20H31N7O4S/c1-5-18(26-13-21-12-23-26)20(29)22-9-17-7-6-15(3)25(10-17)19(28)11-27-16(4)8-14(2)24-32(27,30)31/h8,12-13,15,17-18H,5-7,9-11H2,1-4H3,(H,22,29). The van der Waals surface area contributed by atoms with Crippen LogP contribution in [-0.2, 0) is 19.8 Å².